The van der Waals surface area contributed by atoms with E-state index in [1.165, 1.54) is 11.8 Å². The highest BCUT2D eigenvalue weighted by atomic mass is 79.9. The molecule has 0 aliphatic rings. The van der Waals surface area contributed by atoms with Crippen LogP contribution in [0.15, 0.2) is 27.8 Å². The first-order valence-electron chi connectivity index (χ1n) is 4.18. The fourth-order valence-corrected chi connectivity index (χ4v) is 2.25. The number of halogens is 1. The highest BCUT2D eigenvalue weighted by molar-refractivity contribution is 9.10. The number of hydrogen-bond acceptors (Lipinski definition) is 4. The van der Waals surface area contributed by atoms with Crippen LogP contribution < -0.4 is 5.73 Å². The summed E-state index contributed by atoms with van der Waals surface area (Å²) in [5, 5.41) is 9.87. The Morgan fingerprint density at radius 3 is 3.00 bits per heavy atom. The summed E-state index contributed by atoms with van der Waals surface area (Å²) in [6.07, 6.45) is 1.74. The van der Waals surface area contributed by atoms with Gasteiger partial charge >= 0.3 is 0 Å². The molecule has 14 heavy (non-hydrogen) atoms. The van der Waals surface area contributed by atoms with Crippen molar-refractivity contribution in [1.29, 1.82) is 0 Å². The van der Waals surface area contributed by atoms with Crippen molar-refractivity contribution in [2.45, 2.75) is 17.5 Å². The minimum absolute atomic E-state index is 0.0234. The quantitative estimate of drug-likeness (QED) is 0.821. The molecule has 3 N–H and O–H groups in total. The van der Waals surface area contributed by atoms with Crippen LogP contribution in [0.25, 0.3) is 0 Å². The van der Waals surface area contributed by atoms with Gasteiger partial charge in [-0.05, 0) is 35.0 Å². The standard InChI is InChI=1S/C9H13BrN2OS/c1-9(11,5-13)6-14-8-7(10)3-2-4-12-8/h2-4,13H,5-6,11H2,1H3. The molecule has 0 saturated heterocycles. The Morgan fingerprint density at radius 1 is 1.71 bits per heavy atom. The van der Waals surface area contributed by atoms with Crippen molar-refractivity contribution in [2.75, 3.05) is 12.4 Å². The number of nitrogens with two attached hydrogens (primary N) is 1. The van der Waals surface area contributed by atoms with E-state index < -0.39 is 5.54 Å². The zero-order valence-electron chi connectivity index (χ0n) is 7.90. The first kappa shape index (κ1) is 12.0. The van der Waals surface area contributed by atoms with Gasteiger partial charge in [0.15, 0.2) is 0 Å². The van der Waals surface area contributed by atoms with Crippen molar-refractivity contribution in [3.05, 3.63) is 22.8 Å². The number of aromatic nitrogens is 1. The Bertz CT molecular complexity index is 307. The molecule has 0 spiro atoms. The average Bonchev–Trinajstić information content (AvgIpc) is 2.17. The predicted octanol–water partition coefficient (Wildman–Crippen LogP) is 1.65. The lowest BCUT2D eigenvalue weighted by molar-refractivity contribution is 0.224. The molecule has 1 heterocycles. The molecule has 1 aromatic heterocycles. The van der Waals surface area contributed by atoms with Crippen LogP contribution in [0.3, 0.4) is 0 Å². The van der Waals surface area contributed by atoms with E-state index in [2.05, 4.69) is 20.9 Å². The lowest BCUT2D eigenvalue weighted by Gasteiger charge is -2.20. The van der Waals surface area contributed by atoms with E-state index in [0.717, 1.165) is 9.50 Å². The summed E-state index contributed by atoms with van der Waals surface area (Å²) >= 11 is 4.93. The van der Waals surface area contributed by atoms with Crippen LogP contribution >= 0.6 is 27.7 Å². The van der Waals surface area contributed by atoms with Gasteiger partial charge in [0.2, 0.25) is 0 Å². The molecule has 1 aromatic rings. The lowest BCUT2D eigenvalue weighted by Crippen LogP contribution is -2.42. The van der Waals surface area contributed by atoms with Gasteiger partial charge in [0.1, 0.15) is 5.03 Å². The van der Waals surface area contributed by atoms with E-state index in [9.17, 15) is 0 Å². The third-order valence-electron chi connectivity index (χ3n) is 1.62. The van der Waals surface area contributed by atoms with Gasteiger partial charge in [-0.3, -0.25) is 0 Å². The molecular weight excluding hydrogens is 264 g/mol. The predicted molar refractivity (Wildman–Crippen MR) is 62.3 cm³/mol. The number of rotatable bonds is 4. The Hall–Kier alpha value is -0.100. The highest BCUT2D eigenvalue weighted by Crippen LogP contribution is 2.26. The van der Waals surface area contributed by atoms with E-state index in [4.69, 9.17) is 10.8 Å². The smallest absolute Gasteiger partial charge is 0.110 e. The Kier molecular flexibility index (Phi) is 4.37. The summed E-state index contributed by atoms with van der Waals surface area (Å²) in [5.41, 5.74) is 5.25. The van der Waals surface area contributed by atoms with Crippen molar-refractivity contribution < 1.29 is 5.11 Å². The third kappa shape index (κ3) is 3.57. The molecule has 0 saturated carbocycles. The molecule has 0 radical (unpaired) electrons. The molecule has 0 aromatic carbocycles. The minimum Gasteiger partial charge on any atom is -0.394 e. The molecule has 0 aliphatic heterocycles. The summed E-state index contributed by atoms with van der Waals surface area (Å²) in [6.45, 7) is 1.79. The number of aliphatic hydroxyl groups is 1. The fourth-order valence-electron chi connectivity index (χ4n) is 0.756. The van der Waals surface area contributed by atoms with Crippen LogP contribution in [0.1, 0.15) is 6.92 Å². The minimum atomic E-state index is -0.554. The van der Waals surface area contributed by atoms with Crippen molar-refractivity contribution in [1.82, 2.24) is 4.98 Å². The third-order valence-corrected chi connectivity index (χ3v) is 3.93. The van der Waals surface area contributed by atoms with Crippen LogP contribution in [0, 0.1) is 0 Å². The largest absolute Gasteiger partial charge is 0.394 e. The maximum Gasteiger partial charge on any atom is 0.110 e. The Balaban J connectivity index is 2.58. The molecule has 0 amide bonds. The SMILES string of the molecule is CC(N)(CO)CSc1ncccc1Br. The van der Waals surface area contributed by atoms with E-state index in [0.29, 0.717) is 5.75 Å². The van der Waals surface area contributed by atoms with Crippen molar-refractivity contribution >= 4 is 27.7 Å². The zero-order valence-corrected chi connectivity index (χ0v) is 10.3. The number of nitrogens with zero attached hydrogens (tertiary/aromatic N) is 1. The second-order valence-corrected chi connectivity index (χ2v) is 5.21. The maximum atomic E-state index is 8.97. The Morgan fingerprint density at radius 2 is 2.43 bits per heavy atom. The second-order valence-electron chi connectivity index (χ2n) is 3.39. The normalized spacial score (nSPS) is 15.1. The van der Waals surface area contributed by atoms with Crippen LogP contribution in [-0.4, -0.2) is 28.0 Å². The van der Waals surface area contributed by atoms with Gasteiger partial charge in [0.25, 0.3) is 0 Å². The van der Waals surface area contributed by atoms with Crippen molar-refractivity contribution in [3.8, 4) is 0 Å². The molecule has 5 heteroatoms. The van der Waals surface area contributed by atoms with Crippen LogP contribution in [-0.2, 0) is 0 Å². The molecule has 78 valence electrons. The summed E-state index contributed by atoms with van der Waals surface area (Å²) in [7, 11) is 0. The van der Waals surface area contributed by atoms with E-state index >= 15 is 0 Å². The van der Waals surface area contributed by atoms with E-state index in [1.54, 1.807) is 6.20 Å². The molecule has 3 nitrogen and oxygen atoms in total. The zero-order chi connectivity index (χ0) is 10.6. The van der Waals surface area contributed by atoms with Crippen LogP contribution in [0.5, 0.6) is 0 Å². The number of aliphatic hydroxyl groups excluding tert-OH is 1. The average molecular weight is 277 g/mol. The van der Waals surface area contributed by atoms with E-state index in [1.807, 2.05) is 19.1 Å². The van der Waals surface area contributed by atoms with Gasteiger partial charge in [0.05, 0.1) is 6.61 Å². The summed E-state index contributed by atoms with van der Waals surface area (Å²) < 4.78 is 0.957. The van der Waals surface area contributed by atoms with E-state index in [-0.39, 0.29) is 6.61 Å². The van der Waals surface area contributed by atoms with Gasteiger partial charge in [0, 0.05) is 22.0 Å². The van der Waals surface area contributed by atoms with Gasteiger partial charge in [-0.15, -0.1) is 11.8 Å². The summed E-state index contributed by atoms with van der Waals surface area (Å²) in [5.74, 6) is 0.638. The van der Waals surface area contributed by atoms with Crippen molar-refractivity contribution in [2.24, 2.45) is 5.73 Å². The van der Waals surface area contributed by atoms with Gasteiger partial charge in [-0.2, -0.15) is 0 Å². The van der Waals surface area contributed by atoms with Gasteiger partial charge in [-0.1, -0.05) is 0 Å². The van der Waals surface area contributed by atoms with Gasteiger partial charge in [-0.25, -0.2) is 4.98 Å². The molecule has 1 unspecified atom stereocenters. The summed E-state index contributed by atoms with van der Waals surface area (Å²) in [4.78, 5) is 4.19. The topological polar surface area (TPSA) is 59.1 Å². The lowest BCUT2D eigenvalue weighted by atomic mass is 10.1. The molecule has 0 fully saturated rings. The highest BCUT2D eigenvalue weighted by Gasteiger charge is 2.18. The first-order chi connectivity index (χ1) is 6.55. The maximum absolute atomic E-state index is 8.97. The fraction of sp³-hybridized carbons (Fsp3) is 0.444. The molecule has 1 atom stereocenters. The number of hydrogen-bond donors (Lipinski definition) is 2. The van der Waals surface area contributed by atoms with Crippen LogP contribution in [0.2, 0.25) is 0 Å². The molecular formula is C9H13BrN2OS. The first-order valence-corrected chi connectivity index (χ1v) is 5.96. The molecule has 0 aliphatic carbocycles. The monoisotopic (exact) mass is 276 g/mol. The molecule has 0 bridgehead atoms. The number of thioether (sulfide) groups is 1. The van der Waals surface area contributed by atoms with Crippen molar-refractivity contribution in [3.63, 3.8) is 0 Å². The van der Waals surface area contributed by atoms with Gasteiger partial charge < -0.3 is 10.8 Å². The molecule has 1 rings (SSSR count). The number of pyridine rings is 1. The van der Waals surface area contributed by atoms with Crippen LogP contribution in [0.4, 0.5) is 0 Å². The second kappa shape index (κ2) is 5.11. The summed E-state index contributed by atoms with van der Waals surface area (Å²) in [6, 6.07) is 3.80. The Labute approximate surface area is 96.2 Å².